The standard InChI is InChI=1S/C20H16FN5O3/c1-29-16-4-2-3-15(9-16)23-19(27)11-25-20(28)18-10-17(24-26(18)12-22-25)13-5-7-14(21)8-6-13/h2-10,12H,11H2,1H3,(H,23,27). The van der Waals surface area contributed by atoms with E-state index in [1.165, 1.54) is 30.1 Å². The first-order valence-electron chi connectivity index (χ1n) is 8.69. The molecule has 0 unspecified atom stereocenters. The van der Waals surface area contributed by atoms with E-state index in [0.29, 0.717) is 22.7 Å². The molecule has 1 amide bonds. The summed E-state index contributed by atoms with van der Waals surface area (Å²) in [5.41, 5.74) is 1.51. The van der Waals surface area contributed by atoms with Gasteiger partial charge in [-0.05, 0) is 42.5 Å². The fourth-order valence-corrected chi connectivity index (χ4v) is 2.85. The van der Waals surface area contributed by atoms with E-state index in [2.05, 4.69) is 15.5 Å². The molecule has 4 rings (SSSR count). The minimum Gasteiger partial charge on any atom is -0.497 e. The molecule has 0 saturated heterocycles. The maximum absolute atomic E-state index is 13.1. The van der Waals surface area contributed by atoms with Gasteiger partial charge in [-0.2, -0.15) is 10.2 Å². The first-order chi connectivity index (χ1) is 14.0. The van der Waals surface area contributed by atoms with Crippen molar-refractivity contribution in [3.8, 4) is 17.0 Å². The summed E-state index contributed by atoms with van der Waals surface area (Å²) in [7, 11) is 1.53. The monoisotopic (exact) mass is 393 g/mol. The van der Waals surface area contributed by atoms with Crippen molar-refractivity contribution in [2.45, 2.75) is 6.54 Å². The molecule has 0 saturated carbocycles. The van der Waals surface area contributed by atoms with Crippen LogP contribution in [-0.4, -0.2) is 32.4 Å². The highest BCUT2D eigenvalue weighted by atomic mass is 19.1. The Morgan fingerprint density at radius 2 is 1.97 bits per heavy atom. The molecule has 146 valence electrons. The van der Waals surface area contributed by atoms with Crippen molar-refractivity contribution in [3.05, 3.63) is 77.1 Å². The Bertz CT molecular complexity index is 1250. The van der Waals surface area contributed by atoms with Gasteiger partial charge in [0.25, 0.3) is 5.56 Å². The van der Waals surface area contributed by atoms with Crippen molar-refractivity contribution < 1.29 is 13.9 Å². The topological polar surface area (TPSA) is 90.5 Å². The number of rotatable bonds is 5. The van der Waals surface area contributed by atoms with Gasteiger partial charge in [0.15, 0.2) is 0 Å². The van der Waals surface area contributed by atoms with Crippen molar-refractivity contribution >= 4 is 17.1 Å². The molecule has 0 radical (unpaired) electrons. The fourth-order valence-electron chi connectivity index (χ4n) is 2.85. The largest absolute Gasteiger partial charge is 0.497 e. The molecule has 2 aromatic carbocycles. The molecule has 0 aliphatic carbocycles. The zero-order chi connectivity index (χ0) is 20.4. The van der Waals surface area contributed by atoms with Gasteiger partial charge in [0.2, 0.25) is 5.91 Å². The Balaban J connectivity index is 1.57. The Hall–Kier alpha value is -4.01. The number of benzene rings is 2. The summed E-state index contributed by atoms with van der Waals surface area (Å²) >= 11 is 0. The van der Waals surface area contributed by atoms with Crippen LogP contribution in [0.1, 0.15) is 0 Å². The summed E-state index contributed by atoms with van der Waals surface area (Å²) in [6.07, 6.45) is 1.35. The number of ether oxygens (including phenoxy) is 1. The van der Waals surface area contributed by atoms with Crippen LogP contribution in [0.2, 0.25) is 0 Å². The molecule has 0 bridgehead atoms. The number of anilines is 1. The number of nitrogens with one attached hydrogen (secondary N) is 1. The van der Waals surface area contributed by atoms with Gasteiger partial charge in [-0.15, -0.1) is 0 Å². The maximum atomic E-state index is 13.1. The fraction of sp³-hybridized carbons (Fsp3) is 0.100. The second-order valence-electron chi connectivity index (χ2n) is 6.24. The lowest BCUT2D eigenvalue weighted by Crippen LogP contribution is -2.30. The van der Waals surface area contributed by atoms with Crippen molar-refractivity contribution in [2.75, 3.05) is 12.4 Å². The van der Waals surface area contributed by atoms with Crippen LogP contribution in [0, 0.1) is 5.82 Å². The quantitative estimate of drug-likeness (QED) is 0.562. The second-order valence-corrected chi connectivity index (χ2v) is 6.24. The highest BCUT2D eigenvalue weighted by Crippen LogP contribution is 2.19. The molecule has 0 atom stereocenters. The molecular formula is C20H16FN5O3. The SMILES string of the molecule is COc1cccc(NC(=O)Cn2ncn3nc(-c4ccc(F)cc4)cc3c2=O)c1. The summed E-state index contributed by atoms with van der Waals surface area (Å²) in [6, 6.07) is 14.2. The third-order valence-electron chi connectivity index (χ3n) is 4.28. The van der Waals surface area contributed by atoms with E-state index in [9.17, 15) is 14.0 Å². The zero-order valence-corrected chi connectivity index (χ0v) is 15.4. The number of fused-ring (bicyclic) bond motifs is 1. The molecule has 4 aromatic rings. The van der Waals surface area contributed by atoms with E-state index in [1.54, 1.807) is 42.5 Å². The third-order valence-corrected chi connectivity index (χ3v) is 4.28. The van der Waals surface area contributed by atoms with Gasteiger partial charge in [-0.1, -0.05) is 6.07 Å². The van der Waals surface area contributed by atoms with Crippen LogP contribution in [0.15, 0.2) is 65.7 Å². The minimum atomic E-state index is -0.464. The second kappa shape index (κ2) is 7.55. The number of carbonyl (C=O) groups excluding carboxylic acids is 1. The van der Waals surface area contributed by atoms with Crippen molar-refractivity contribution in [2.24, 2.45) is 0 Å². The number of halogens is 1. The maximum Gasteiger partial charge on any atom is 0.293 e. The average Bonchev–Trinajstić information content (AvgIpc) is 3.16. The van der Waals surface area contributed by atoms with Crippen LogP contribution in [0.3, 0.4) is 0 Å². The number of nitrogens with zero attached hydrogens (tertiary/aromatic N) is 4. The van der Waals surface area contributed by atoms with E-state index >= 15 is 0 Å². The molecule has 29 heavy (non-hydrogen) atoms. The number of amides is 1. The van der Waals surface area contributed by atoms with Gasteiger partial charge in [0, 0.05) is 17.3 Å². The van der Waals surface area contributed by atoms with Gasteiger partial charge < -0.3 is 10.1 Å². The zero-order valence-electron chi connectivity index (χ0n) is 15.4. The number of hydrogen-bond acceptors (Lipinski definition) is 5. The molecule has 2 heterocycles. The first kappa shape index (κ1) is 18.4. The molecule has 9 heteroatoms. The first-order valence-corrected chi connectivity index (χ1v) is 8.69. The van der Waals surface area contributed by atoms with E-state index in [1.807, 2.05) is 0 Å². The van der Waals surface area contributed by atoms with Crippen LogP contribution >= 0.6 is 0 Å². The van der Waals surface area contributed by atoms with Crippen molar-refractivity contribution in [3.63, 3.8) is 0 Å². The number of methoxy groups -OCH3 is 1. The molecule has 0 fully saturated rings. The summed E-state index contributed by atoms with van der Waals surface area (Å²) < 4.78 is 20.6. The summed E-state index contributed by atoms with van der Waals surface area (Å²) in [4.78, 5) is 25.0. The molecule has 0 spiro atoms. The van der Waals surface area contributed by atoms with Gasteiger partial charge in [-0.25, -0.2) is 13.6 Å². The van der Waals surface area contributed by atoms with E-state index in [0.717, 1.165) is 4.68 Å². The van der Waals surface area contributed by atoms with Gasteiger partial charge in [0.05, 0.1) is 12.8 Å². The Morgan fingerprint density at radius 3 is 2.72 bits per heavy atom. The normalized spacial score (nSPS) is 10.8. The molecule has 8 nitrogen and oxygen atoms in total. The van der Waals surface area contributed by atoms with Crippen molar-refractivity contribution in [1.82, 2.24) is 19.4 Å². The van der Waals surface area contributed by atoms with Crippen LogP contribution < -0.4 is 15.6 Å². The Morgan fingerprint density at radius 1 is 1.17 bits per heavy atom. The molecule has 2 aromatic heterocycles. The summed E-state index contributed by atoms with van der Waals surface area (Å²) in [5, 5.41) is 11.0. The number of hydrogen-bond donors (Lipinski definition) is 1. The van der Waals surface area contributed by atoms with Gasteiger partial charge in [-0.3, -0.25) is 9.59 Å². The van der Waals surface area contributed by atoms with Crippen LogP contribution in [0.4, 0.5) is 10.1 Å². The predicted octanol–water partition coefficient (Wildman–Crippen LogP) is 2.34. The van der Waals surface area contributed by atoms with E-state index in [-0.39, 0.29) is 17.9 Å². The van der Waals surface area contributed by atoms with E-state index < -0.39 is 11.5 Å². The highest BCUT2D eigenvalue weighted by molar-refractivity contribution is 5.90. The van der Waals surface area contributed by atoms with Crippen LogP contribution in [0.5, 0.6) is 5.75 Å². The highest BCUT2D eigenvalue weighted by Gasteiger charge is 2.13. The molecule has 0 aliphatic heterocycles. The Labute approximate surface area is 164 Å². The summed E-state index contributed by atoms with van der Waals surface area (Å²) in [6.45, 7) is -0.260. The van der Waals surface area contributed by atoms with Crippen molar-refractivity contribution in [1.29, 1.82) is 0 Å². The lowest BCUT2D eigenvalue weighted by atomic mass is 10.1. The van der Waals surface area contributed by atoms with Crippen LogP contribution in [-0.2, 0) is 11.3 Å². The third kappa shape index (κ3) is 3.84. The molecule has 1 N–H and O–H groups in total. The minimum absolute atomic E-state index is 0.258. The lowest BCUT2D eigenvalue weighted by Gasteiger charge is -2.08. The smallest absolute Gasteiger partial charge is 0.293 e. The molecule has 0 aliphatic rings. The van der Waals surface area contributed by atoms with Gasteiger partial charge >= 0.3 is 0 Å². The molecular weight excluding hydrogens is 377 g/mol. The lowest BCUT2D eigenvalue weighted by molar-refractivity contribution is -0.117. The predicted molar refractivity (Wildman–Crippen MR) is 104 cm³/mol. The number of aromatic nitrogens is 4. The van der Waals surface area contributed by atoms with Gasteiger partial charge in [0.1, 0.15) is 30.0 Å². The Kier molecular flexibility index (Phi) is 4.78. The number of carbonyl (C=O) groups is 1. The average molecular weight is 393 g/mol. The van der Waals surface area contributed by atoms with Crippen LogP contribution in [0.25, 0.3) is 16.8 Å². The summed E-state index contributed by atoms with van der Waals surface area (Å²) in [5.74, 6) is -0.161. The van der Waals surface area contributed by atoms with E-state index in [4.69, 9.17) is 4.74 Å².